The second-order valence-corrected chi connectivity index (χ2v) is 25.3. The molecule has 1 amide bonds. The standard InChI is InChI=1S/C76H137NO10/c1-4-7-10-13-16-19-22-24-26-28-30-32-34-36-37-39-41-43-45-48-51-54-57-60-63-69(80)75(84)77-67(68(79)62-59-56-53-50-47-21-18-15-12-9-6-3)66-85-76-74(73(83)72(82)70(65-78)86-76)87-71(81)64-61-58-55-52-49-46-44-42-40-38-35-33-31-29-27-25-23-20-17-14-11-8-5-2/h16-17,19-20,24-27,30,32,59,62,67-70,72-74,76,78-80,82-83H,4-15,18,21-23,28-29,31,33-58,60-61,63-66H2,1-3H3,(H,77,84)/b19-16-,20-17-,26-24-,27-25-,32-30-,62-59+. The maximum absolute atomic E-state index is 13.5. The van der Waals surface area contributed by atoms with Gasteiger partial charge in [-0.1, -0.05) is 306 Å². The van der Waals surface area contributed by atoms with Crippen molar-refractivity contribution in [3.8, 4) is 0 Å². The quantitative estimate of drug-likeness (QED) is 0.0195. The van der Waals surface area contributed by atoms with Crippen molar-refractivity contribution in [1.82, 2.24) is 5.32 Å². The molecule has 1 aliphatic heterocycles. The van der Waals surface area contributed by atoms with Gasteiger partial charge in [0, 0.05) is 6.42 Å². The highest BCUT2D eigenvalue weighted by atomic mass is 16.7. The highest BCUT2D eigenvalue weighted by molar-refractivity contribution is 5.80. The summed E-state index contributed by atoms with van der Waals surface area (Å²) >= 11 is 0. The van der Waals surface area contributed by atoms with Gasteiger partial charge in [-0.05, 0) is 96.3 Å². The minimum Gasteiger partial charge on any atom is -0.454 e. The van der Waals surface area contributed by atoms with Gasteiger partial charge in [-0.25, -0.2) is 0 Å². The van der Waals surface area contributed by atoms with Gasteiger partial charge in [-0.2, -0.15) is 0 Å². The molecule has 0 spiro atoms. The van der Waals surface area contributed by atoms with Crippen LogP contribution in [0.25, 0.3) is 0 Å². The summed E-state index contributed by atoms with van der Waals surface area (Å²) in [5.74, 6) is -1.19. The molecule has 0 aromatic rings. The van der Waals surface area contributed by atoms with E-state index in [1.54, 1.807) is 6.08 Å². The highest BCUT2D eigenvalue weighted by Crippen LogP contribution is 2.26. The van der Waals surface area contributed by atoms with Crippen LogP contribution < -0.4 is 5.32 Å². The van der Waals surface area contributed by atoms with Gasteiger partial charge in [0.25, 0.3) is 0 Å². The number of ether oxygens (including phenoxy) is 3. The van der Waals surface area contributed by atoms with E-state index in [4.69, 9.17) is 14.2 Å². The Hall–Kier alpha value is -2.90. The molecule has 6 N–H and O–H groups in total. The first-order valence-corrected chi connectivity index (χ1v) is 36.7. The van der Waals surface area contributed by atoms with Crippen LogP contribution in [-0.4, -0.2) is 99.6 Å². The van der Waals surface area contributed by atoms with Crippen molar-refractivity contribution in [2.45, 2.75) is 384 Å². The number of nitrogens with one attached hydrogen (secondary N) is 1. The van der Waals surface area contributed by atoms with E-state index < -0.39 is 67.4 Å². The second-order valence-electron chi connectivity index (χ2n) is 25.3. The number of aliphatic hydroxyl groups is 5. The van der Waals surface area contributed by atoms with Crippen molar-refractivity contribution < 1.29 is 49.3 Å². The number of unbranched alkanes of at least 4 members (excludes halogenated alkanes) is 39. The first kappa shape index (κ1) is 82.1. The molecule has 0 bridgehead atoms. The minimum absolute atomic E-state index is 0.122. The summed E-state index contributed by atoms with van der Waals surface area (Å²) in [4.78, 5) is 26.7. The summed E-state index contributed by atoms with van der Waals surface area (Å²) in [7, 11) is 0. The van der Waals surface area contributed by atoms with Gasteiger partial charge in [-0.15, -0.1) is 0 Å². The third-order valence-electron chi connectivity index (χ3n) is 17.1. The van der Waals surface area contributed by atoms with Crippen LogP contribution in [0.5, 0.6) is 0 Å². The molecule has 506 valence electrons. The Morgan fingerprint density at radius 3 is 1.21 bits per heavy atom. The van der Waals surface area contributed by atoms with E-state index in [0.717, 1.165) is 83.5 Å². The number of hydrogen-bond acceptors (Lipinski definition) is 10. The van der Waals surface area contributed by atoms with Crippen LogP contribution in [0.2, 0.25) is 0 Å². The van der Waals surface area contributed by atoms with E-state index in [-0.39, 0.29) is 19.4 Å². The summed E-state index contributed by atoms with van der Waals surface area (Å²) < 4.78 is 17.7. The molecule has 1 saturated heterocycles. The average molecular weight is 1220 g/mol. The van der Waals surface area contributed by atoms with Crippen molar-refractivity contribution in [2.75, 3.05) is 13.2 Å². The molecule has 1 fully saturated rings. The molecule has 0 aromatic heterocycles. The number of carbonyl (C=O) groups is 2. The molecule has 1 aliphatic rings. The van der Waals surface area contributed by atoms with Gasteiger partial charge in [0.1, 0.15) is 24.4 Å². The monoisotopic (exact) mass is 1220 g/mol. The summed E-state index contributed by atoms with van der Waals surface area (Å²) in [6.45, 7) is 5.77. The normalized spacial score (nSPS) is 18.6. The number of rotatable bonds is 63. The molecule has 11 heteroatoms. The number of carbonyl (C=O) groups excluding carboxylic acids is 2. The number of allylic oxidation sites excluding steroid dienone is 11. The van der Waals surface area contributed by atoms with Crippen molar-refractivity contribution in [3.63, 3.8) is 0 Å². The van der Waals surface area contributed by atoms with Crippen molar-refractivity contribution in [1.29, 1.82) is 0 Å². The fraction of sp³-hybridized carbons (Fsp3) is 0.816. The molecule has 1 heterocycles. The first-order valence-electron chi connectivity index (χ1n) is 36.7. The highest BCUT2D eigenvalue weighted by Gasteiger charge is 2.47. The number of aliphatic hydroxyl groups excluding tert-OH is 5. The number of amides is 1. The lowest BCUT2D eigenvalue weighted by Gasteiger charge is -2.41. The van der Waals surface area contributed by atoms with E-state index in [0.29, 0.717) is 12.8 Å². The van der Waals surface area contributed by atoms with Gasteiger partial charge in [0.05, 0.1) is 25.4 Å². The molecule has 8 atom stereocenters. The molecule has 11 nitrogen and oxygen atoms in total. The summed E-state index contributed by atoms with van der Waals surface area (Å²) in [5, 5.41) is 57.3. The molecule has 8 unspecified atom stereocenters. The maximum atomic E-state index is 13.5. The number of hydrogen-bond donors (Lipinski definition) is 6. The van der Waals surface area contributed by atoms with E-state index in [1.165, 1.54) is 205 Å². The fourth-order valence-electron chi connectivity index (χ4n) is 11.3. The summed E-state index contributed by atoms with van der Waals surface area (Å²) in [6.07, 6.45) is 72.3. The predicted molar refractivity (Wildman–Crippen MR) is 366 cm³/mol. The molecule has 0 radical (unpaired) electrons. The van der Waals surface area contributed by atoms with Gasteiger partial charge >= 0.3 is 5.97 Å². The van der Waals surface area contributed by atoms with Crippen LogP contribution in [-0.2, 0) is 23.8 Å². The third kappa shape index (κ3) is 50.4. The van der Waals surface area contributed by atoms with Crippen LogP contribution in [0.3, 0.4) is 0 Å². The molecule has 0 aliphatic carbocycles. The van der Waals surface area contributed by atoms with E-state index in [2.05, 4.69) is 86.8 Å². The topological polar surface area (TPSA) is 175 Å². The van der Waals surface area contributed by atoms with Crippen molar-refractivity contribution >= 4 is 11.9 Å². The zero-order valence-electron chi connectivity index (χ0n) is 56.4. The fourth-order valence-corrected chi connectivity index (χ4v) is 11.3. The third-order valence-corrected chi connectivity index (χ3v) is 17.1. The zero-order chi connectivity index (χ0) is 63.1. The van der Waals surface area contributed by atoms with Crippen LogP contribution in [0.4, 0.5) is 0 Å². The Labute approximate surface area is 534 Å². The average Bonchev–Trinajstić information content (AvgIpc) is 1.30. The minimum atomic E-state index is -1.62. The Morgan fingerprint density at radius 1 is 0.448 bits per heavy atom. The smallest absolute Gasteiger partial charge is 0.306 e. The predicted octanol–water partition coefficient (Wildman–Crippen LogP) is 19.1. The molecular formula is C76H137NO10. The lowest BCUT2D eigenvalue weighted by molar-refractivity contribution is -0.305. The van der Waals surface area contributed by atoms with Gasteiger partial charge in [0.15, 0.2) is 12.4 Å². The Kier molecular flexibility index (Phi) is 59.7. The molecule has 1 rings (SSSR count). The first-order chi connectivity index (χ1) is 42.7. The van der Waals surface area contributed by atoms with E-state index >= 15 is 0 Å². The Morgan fingerprint density at radius 2 is 0.793 bits per heavy atom. The van der Waals surface area contributed by atoms with Gasteiger partial charge in [0.2, 0.25) is 5.91 Å². The van der Waals surface area contributed by atoms with Crippen molar-refractivity contribution in [2.24, 2.45) is 0 Å². The van der Waals surface area contributed by atoms with Crippen LogP contribution in [0.15, 0.2) is 72.9 Å². The van der Waals surface area contributed by atoms with Crippen LogP contribution >= 0.6 is 0 Å². The largest absolute Gasteiger partial charge is 0.454 e. The molecular weight excluding hydrogens is 1090 g/mol. The Balaban J connectivity index is 2.53. The molecule has 87 heavy (non-hydrogen) atoms. The van der Waals surface area contributed by atoms with Crippen LogP contribution in [0.1, 0.15) is 335 Å². The lowest BCUT2D eigenvalue weighted by Crippen LogP contribution is -2.61. The van der Waals surface area contributed by atoms with E-state index in [1.807, 2.05) is 6.08 Å². The zero-order valence-corrected chi connectivity index (χ0v) is 56.4. The van der Waals surface area contributed by atoms with Gasteiger partial charge < -0.3 is 45.1 Å². The molecule has 0 aromatic carbocycles. The summed E-state index contributed by atoms with van der Waals surface area (Å²) in [5.41, 5.74) is 0. The van der Waals surface area contributed by atoms with E-state index in [9.17, 15) is 35.1 Å². The maximum Gasteiger partial charge on any atom is 0.306 e. The lowest BCUT2D eigenvalue weighted by atomic mass is 9.99. The second kappa shape index (κ2) is 63.3. The van der Waals surface area contributed by atoms with Crippen LogP contribution in [0, 0.1) is 0 Å². The summed E-state index contributed by atoms with van der Waals surface area (Å²) in [6, 6.07) is -1.03. The Bertz CT molecular complexity index is 1690. The SMILES string of the molecule is CCCCC/C=C\C/C=C\C/C=C\CCCCCCCCCCCCCC(O)C(=O)NC(COC1OC(CO)C(O)C(O)C1OC(=O)CCCCCCCCCCCCCCC/C=C\C/C=C\CCCCC)C(O)/C=C/CCCCCCCCCCC. The molecule has 0 saturated carbocycles. The van der Waals surface area contributed by atoms with Crippen molar-refractivity contribution in [3.05, 3.63) is 72.9 Å². The number of esters is 1. The van der Waals surface area contributed by atoms with Gasteiger partial charge in [-0.3, -0.25) is 9.59 Å².